The lowest BCUT2D eigenvalue weighted by Gasteiger charge is -2.30. The summed E-state index contributed by atoms with van der Waals surface area (Å²) in [5.41, 5.74) is 1.91. The largest absolute Gasteiger partial charge is 0.480 e. The number of carboxylic acid groups (broad SMARTS) is 1. The van der Waals surface area contributed by atoms with E-state index in [0.717, 1.165) is 11.1 Å². The van der Waals surface area contributed by atoms with E-state index in [4.69, 9.17) is 19.4 Å². The van der Waals surface area contributed by atoms with E-state index in [1.54, 1.807) is 13.0 Å². The van der Waals surface area contributed by atoms with Crippen LogP contribution in [0.5, 0.6) is 5.75 Å². The van der Waals surface area contributed by atoms with Crippen molar-refractivity contribution >= 4 is 33.9 Å². The number of esters is 1. The Balaban J connectivity index is 1.69. The summed E-state index contributed by atoms with van der Waals surface area (Å²) < 4.78 is 51.4. The molecule has 1 unspecified atom stereocenters. The summed E-state index contributed by atoms with van der Waals surface area (Å²) in [5, 5.41) is 20.4. The van der Waals surface area contributed by atoms with Gasteiger partial charge in [0.25, 0.3) is 0 Å². The maximum atomic E-state index is 13.6. The molecule has 182 valence electrons. The molecule has 3 rings (SSSR count). The average Bonchev–Trinajstić information content (AvgIpc) is 3.20. The monoisotopic (exact) mass is 539 g/mol. The summed E-state index contributed by atoms with van der Waals surface area (Å²) in [4.78, 5) is 28.6. The number of carbonyl (C=O) groups is 2. The second-order valence-electron chi connectivity index (χ2n) is 7.41. The third-order valence-corrected chi connectivity index (χ3v) is 5.41. The highest BCUT2D eigenvalue weighted by molar-refractivity contribution is 9.10. The van der Waals surface area contributed by atoms with Gasteiger partial charge in [0.15, 0.2) is 0 Å². The van der Waals surface area contributed by atoms with E-state index in [9.17, 15) is 28.0 Å². The second-order valence-corrected chi connectivity index (χ2v) is 8.33. The zero-order valence-corrected chi connectivity index (χ0v) is 19.0. The van der Waals surface area contributed by atoms with Gasteiger partial charge in [-0.2, -0.15) is 18.2 Å². The molecule has 3 atom stereocenters. The van der Waals surface area contributed by atoms with E-state index in [1.165, 1.54) is 13.0 Å². The Morgan fingerprint density at radius 1 is 1.39 bits per heavy atom. The Kier molecular flexibility index (Phi) is 7.65. The highest BCUT2D eigenvalue weighted by Gasteiger charge is 2.49. The van der Waals surface area contributed by atoms with Crippen LogP contribution in [-0.4, -0.2) is 63.7 Å². The van der Waals surface area contributed by atoms with Gasteiger partial charge in [0.05, 0.1) is 5.57 Å². The van der Waals surface area contributed by atoms with Gasteiger partial charge in [0.2, 0.25) is 12.4 Å². The molecule has 0 radical (unpaired) electrons. The molecule has 1 saturated heterocycles. The molecular weight excluding hydrogens is 519 g/mol. The predicted molar refractivity (Wildman–Crippen MR) is 108 cm³/mol. The molecule has 0 aromatic heterocycles. The summed E-state index contributed by atoms with van der Waals surface area (Å²) in [7, 11) is 0. The molecule has 2 aliphatic heterocycles. The zero-order valence-electron chi connectivity index (χ0n) is 17.4. The Morgan fingerprint density at radius 3 is 2.73 bits per heavy atom. The maximum absolute atomic E-state index is 13.6. The number of alkyl halides is 3. The van der Waals surface area contributed by atoms with Crippen LogP contribution in [0.1, 0.15) is 30.9 Å². The van der Waals surface area contributed by atoms with Crippen LogP contribution in [0.25, 0.3) is 6.08 Å². The van der Waals surface area contributed by atoms with Crippen molar-refractivity contribution in [2.24, 2.45) is 0 Å². The Morgan fingerprint density at radius 2 is 2.09 bits per heavy atom. The Labute approximate surface area is 194 Å². The molecule has 2 aliphatic rings. The molecule has 14 heteroatoms. The first kappa shape index (κ1) is 25.4. The van der Waals surface area contributed by atoms with Crippen molar-refractivity contribution < 1.29 is 47.4 Å². The molecule has 0 aliphatic carbocycles. The van der Waals surface area contributed by atoms with Gasteiger partial charge in [-0.05, 0) is 55.7 Å². The van der Waals surface area contributed by atoms with Crippen LogP contribution in [0.3, 0.4) is 0 Å². The number of hydrazine groups is 2. The number of carboxylic acids is 1. The first-order valence-corrected chi connectivity index (χ1v) is 10.5. The normalized spacial score (nSPS) is 21.9. The molecule has 2 heterocycles. The van der Waals surface area contributed by atoms with Gasteiger partial charge < -0.3 is 14.6 Å². The third kappa shape index (κ3) is 5.83. The van der Waals surface area contributed by atoms with Crippen molar-refractivity contribution in [3.8, 4) is 5.75 Å². The van der Waals surface area contributed by atoms with E-state index in [-0.39, 0.29) is 23.1 Å². The van der Waals surface area contributed by atoms with Crippen LogP contribution in [0.4, 0.5) is 13.2 Å². The van der Waals surface area contributed by atoms with E-state index >= 15 is 0 Å². The molecule has 1 aromatic carbocycles. The van der Waals surface area contributed by atoms with Crippen molar-refractivity contribution in [1.82, 2.24) is 15.9 Å². The molecule has 0 amide bonds. The highest BCUT2D eigenvalue weighted by Crippen LogP contribution is 2.40. The second kappa shape index (κ2) is 9.95. The number of ether oxygens (including phenoxy) is 2. The van der Waals surface area contributed by atoms with Crippen molar-refractivity contribution in [2.45, 2.75) is 51.3 Å². The number of carbonyl (C=O) groups excluding carboxylic acids is 1. The maximum Gasteiger partial charge on any atom is 0.430 e. The minimum atomic E-state index is -4.89. The molecule has 0 spiro atoms. The van der Waals surface area contributed by atoms with Crippen LogP contribution < -0.4 is 10.3 Å². The standard InChI is InChI=1S/C19H21BrF3N3O7/c1-9-6-12(20)7-11-8-13(16(19(21,22)23)32-15(9)11)18(29)31-10(2)33-24-26(30)25-5-3-4-14(25)17(27)28/h6-8,10,14,16,24,30H,3-5H2,1-2H3,(H,27,28)/t10?,14-,16-/m0/s1. The van der Waals surface area contributed by atoms with Gasteiger partial charge in [-0.3, -0.25) is 10.0 Å². The van der Waals surface area contributed by atoms with Crippen LogP contribution in [0, 0.1) is 6.92 Å². The molecule has 1 fully saturated rings. The van der Waals surface area contributed by atoms with Crippen LogP contribution in [0.15, 0.2) is 22.2 Å². The molecular formula is C19H21BrF3N3O7. The number of nitrogens with one attached hydrogen (secondary N) is 1. The van der Waals surface area contributed by atoms with Crippen molar-refractivity contribution in [3.63, 3.8) is 0 Å². The number of nitrogens with zero attached hydrogens (tertiary/aromatic N) is 2. The lowest BCUT2D eigenvalue weighted by atomic mass is 9.99. The van der Waals surface area contributed by atoms with Crippen LogP contribution >= 0.6 is 15.9 Å². The minimum Gasteiger partial charge on any atom is -0.480 e. The van der Waals surface area contributed by atoms with Gasteiger partial charge in [-0.1, -0.05) is 21.5 Å². The van der Waals surface area contributed by atoms with Crippen LogP contribution in [-0.2, 0) is 19.2 Å². The highest BCUT2D eigenvalue weighted by atomic mass is 79.9. The number of hydrogen-bond donors (Lipinski definition) is 3. The van der Waals surface area contributed by atoms with Gasteiger partial charge in [0.1, 0.15) is 11.8 Å². The van der Waals surface area contributed by atoms with Crippen molar-refractivity contribution in [2.75, 3.05) is 6.54 Å². The SMILES string of the molecule is Cc1cc(Br)cc2c1O[C@H](C(F)(F)F)C(C(=O)OC(C)ONN(O)N1CCC[C@H]1C(=O)O)=C2. The fourth-order valence-electron chi connectivity index (χ4n) is 3.50. The first-order valence-electron chi connectivity index (χ1n) is 9.74. The van der Waals surface area contributed by atoms with Gasteiger partial charge in [-0.15, -0.1) is 0 Å². The van der Waals surface area contributed by atoms with Crippen LogP contribution in [0.2, 0.25) is 0 Å². The van der Waals surface area contributed by atoms with Crippen molar-refractivity contribution in [3.05, 3.63) is 33.3 Å². The number of hydrogen-bond acceptors (Lipinski definition) is 9. The number of aliphatic carboxylic acids is 1. The zero-order chi connectivity index (χ0) is 24.5. The molecule has 10 nitrogen and oxygen atoms in total. The number of benzene rings is 1. The fourth-order valence-corrected chi connectivity index (χ4v) is 4.09. The third-order valence-electron chi connectivity index (χ3n) is 4.96. The number of rotatable bonds is 7. The lowest BCUT2D eigenvalue weighted by molar-refractivity contribution is -0.367. The first-order chi connectivity index (χ1) is 15.4. The molecule has 1 aromatic rings. The molecule has 3 N–H and O–H groups in total. The molecule has 33 heavy (non-hydrogen) atoms. The van der Waals surface area contributed by atoms with Crippen molar-refractivity contribution in [1.29, 1.82) is 0 Å². The average molecular weight is 540 g/mol. The van der Waals surface area contributed by atoms with E-state index in [1.807, 2.05) is 5.59 Å². The summed E-state index contributed by atoms with van der Waals surface area (Å²) >= 11 is 3.25. The van der Waals surface area contributed by atoms with E-state index in [0.29, 0.717) is 22.9 Å². The summed E-state index contributed by atoms with van der Waals surface area (Å²) in [6.07, 6.45) is -7.07. The van der Waals surface area contributed by atoms with Gasteiger partial charge in [0, 0.05) is 16.6 Å². The van der Waals surface area contributed by atoms with E-state index in [2.05, 4.69) is 15.9 Å². The fraction of sp³-hybridized carbons (Fsp3) is 0.474. The van der Waals surface area contributed by atoms with Gasteiger partial charge in [-0.25, -0.2) is 9.63 Å². The summed E-state index contributed by atoms with van der Waals surface area (Å²) in [5.74, 6) is -2.50. The quantitative estimate of drug-likeness (QED) is 0.271. The number of aryl methyl sites for hydroxylation is 1. The van der Waals surface area contributed by atoms with Gasteiger partial charge >= 0.3 is 18.1 Å². The smallest absolute Gasteiger partial charge is 0.430 e. The number of halogens is 4. The lowest BCUT2D eigenvalue weighted by Crippen LogP contribution is -2.53. The molecule has 0 saturated carbocycles. The topological polar surface area (TPSA) is 121 Å². The Bertz CT molecular complexity index is 959. The number of fused-ring (bicyclic) bond motifs is 1. The minimum absolute atomic E-state index is 0.00226. The predicted octanol–water partition coefficient (Wildman–Crippen LogP) is 2.94. The Hall–Kier alpha value is -2.23. The summed E-state index contributed by atoms with van der Waals surface area (Å²) in [6.45, 7) is 2.98. The summed E-state index contributed by atoms with van der Waals surface area (Å²) in [6, 6.07) is 2.09. The van der Waals surface area contributed by atoms with E-state index < -0.39 is 42.1 Å². The molecule has 0 bridgehead atoms.